The van der Waals surface area contributed by atoms with Crippen LogP contribution in [0.1, 0.15) is 62.6 Å². The van der Waals surface area contributed by atoms with Gasteiger partial charge in [0.1, 0.15) is 17.3 Å². The molecule has 0 aliphatic heterocycles. The van der Waals surface area contributed by atoms with E-state index in [1.807, 2.05) is 19.1 Å². The summed E-state index contributed by atoms with van der Waals surface area (Å²) in [5.41, 5.74) is 8.29. The highest BCUT2D eigenvalue weighted by molar-refractivity contribution is 5.83. The third-order valence-electron chi connectivity index (χ3n) is 6.80. The molecule has 0 aromatic heterocycles. The van der Waals surface area contributed by atoms with Gasteiger partial charge in [-0.2, -0.15) is 0 Å². The molecule has 0 heterocycles. The summed E-state index contributed by atoms with van der Waals surface area (Å²) in [5, 5.41) is 3.20. The Morgan fingerprint density at radius 3 is 2.46 bits per heavy atom. The molecule has 0 bridgehead atoms. The lowest BCUT2D eigenvalue weighted by molar-refractivity contribution is -0.133. The Kier molecular flexibility index (Phi) is 15.7. The molecule has 8 nitrogen and oxygen atoms in total. The van der Waals surface area contributed by atoms with Gasteiger partial charge in [0.15, 0.2) is 0 Å². The number of rotatable bonds is 21. The molecule has 0 radical (unpaired) electrons. The topological polar surface area (TPSA) is 111 Å². The number of primary amides is 1. The molecular weight excluding hydrogens is 525 g/mol. The minimum absolute atomic E-state index is 0.0271. The molecule has 2 aromatic rings. The molecule has 9 heteroatoms. The quantitative estimate of drug-likeness (QED) is 0.232. The number of nitrogens with one attached hydrogen (secondary N) is 1. The molecule has 0 aliphatic rings. The number of methoxy groups -OCH3 is 1. The van der Waals surface area contributed by atoms with Crippen LogP contribution in [0.2, 0.25) is 0 Å². The molecular formula is C32H46FN3O5. The summed E-state index contributed by atoms with van der Waals surface area (Å²) in [6, 6.07) is 12.8. The van der Waals surface area contributed by atoms with E-state index in [2.05, 4.69) is 24.4 Å². The molecule has 41 heavy (non-hydrogen) atoms. The van der Waals surface area contributed by atoms with Crippen molar-refractivity contribution in [3.05, 3.63) is 65.0 Å². The SMILES string of the molecule is CCCN(CCC(COC)COc1cc(F)cc(CCC(=O)CNCc2cccc(CC)c2)c1)C(=O)CCC(N)=O. The normalized spacial score (nSPS) is 11.7. The molecule has 2 rings (SSSR count). The van der Waals surface area contributed by atoms with Gasteiger partial charge >= 0.3 is 0 Å². The number of hydrogen-bond donors (Lipinski definition) is 2. The number of carbonyl (C=O) groups excluding carboxylic acids is 3. The van der Waals surface area contributed by atoms with Crippen molar-refractivity contribution in [2.45, 2.75) is 65.3 Å². The van der Waals surface area contributed by atoms with E-state index < -0.39 is 11.7 Å². The standard InChI is InChI=1S/C32H46FN3O5/c1-4-14-36(32(39)12-11-31(34)38)15-13-27(22-40-3)23-41-30-18-25(17-28(33)19-30)9-10-29(37)21-35-20-26-8-6-7-24(5-2)16-26/h6-8,16-19,27,35H,4-5,9-15,20-23H2,1-3H3,(H2,34,38). The van der Waals surface area contributed by atoms with Crippen LogP contribution in [0.5, 0.6) is 5.75 Å². The van der Waals surface area contributed by atoms with Gasteiger partial charge in [0.2, 0.25) is 11.8 Å². The molecule has 226 valence electrons. The van der Waals surface area contributed by atoms with Gasteiger partial charge in [-0.05, 0) is 54.5 Å². The van der Waals surface area contributed by atoms with Gasteiger partial charge in [-0.15, -0.1) is 0 Å². The first-order valence-corrected chi connectivity index (χ1v) is 14.5. The lowest BCUT2D eigenvalue weighted by atomic mass is 10.1. The molecule has 2 amide bonds. The van der Waals surface area contributed by atoms with Crippen molar-refractivity contribution < 1.29 is 28.2 Å². The second kappa shape index (κ2) is 18.9. The van der Waals surface area contributed by atoms with E-state index in [1.165, 1.54) is 17.7 Å². The molecule has 1 unspecified atom stereocenters. The summed E-state index contributed by atoms with van der Waals surface area (Å²) in [6.45, 7) is 6.77. The summed E-state index contributed by atoms with van der Waals surface area (Å²) in [7, 11) is 1.60. The summed E-state index contributed by atoms with van der Waals surface area (Å²) >= 11 is 0. The number of halogens is 1. The van der Waals surface area contributed by atoms with Crippen molar-refractivity contribution in [1.82, 2.24) is 10.2 Å². The predicted octanol–water partition coefficient (Wildman–Crippen LogP) is 4.22. The number of Topliss-reactive ketones (excluding diaryl/α,β-unsaturated/α-hetero) is 1. The van der Waals surface area contributed by atoms with E-state index >= 15 is 0 Å². The second-order valence-corrected chi connectivity index (χ2v) is 10.4. The molecule has 0 saturated heterocycles. The second-order valence-electron chi connectivity index (χ2n) is 10.4. The van der Waals surface area contributed by atoms with Crippen LogP contribution in [0.3, 0.4) is 0 Å². The number of nitrogens with zero attached hydrogens (tertiary/aromatic N) is 1. The largest absolute Gasteiger partial charge is 0.493 e. The minimum atomic E-state index is -0.496. The van der Waals surface area contributed by atoms with E-state index in [0.29, 0.717) is 56.8 Å². The predicted molar refractivity (Wildman–Crippen MR) is 158 cm³/mol. The smallest absolute Gasteiger partial charge is 0.223 e. The first-order chi connectivity index (χ1) is 19.7. The van der Waals surface area contributed by atoms with Crippen LogP contribution >= 0.6 is 0 Å². The molecule has 2 aromatic carbocycles. The van der Waals surface area contributed by atoms with E-state index in [4.69, 9.17) is 15.2 Å². The fourth-order valence-electron chi connectivity index (χ4n) is 4.55. The Morgan fingerprint density at radius 1 is 0.976 bits per heavy atom. The molecule has 0 saturated carbocycles. The van der Waals surface area contributed by atoms with Crippen molar-refractivity contribution in [2.75, 3.05) is 40.0 Å². The van der Waals surface area contributed by atoms with E-state index in [1.54, 1.807) is 18.1 Å². The first-order valence-electron chi connectivity index (χ1n) is 14.5. The third kappa shape index (κ3) is 13.7. The summed E-state index contributed by atoms with van der Waals surface area (Å²) in [4.78, 5) is 37.7. The average Bonchev–Trinajstić information content (AvgIpc) is 2.95. The summed E-state index contributed by atoms with van der Waals surface area (Å²) < 4.78 is 25.6. The number of aryl methyl sites for hydroxylation is 2. The van der Waals surface area contributed by atoms with Crippen molar-refractivity contribution >= 4 is 17.6 Å². The Balaban J connectivity index is 1.85. The van der Waals surface area contributed by atoms with Crippen molar-refractivity contribution in [1.29, 1.82) is 0 Å². The number of carbonyl (C=O) groups is 3. The Labute approximate surface area is 243 Å². The van der Waals surface area contributed by atoms with Gasteiger partial charge in [-0.1, -0.05) is 38.1 Å². The molecule has 0 fully saturated rings. The van der Waals surface area contributed by atoms with Crippen LogP contribution in [-0.2, 0) is 38.5 Å². The zero-order chi connectivity index (χ0) is 30.0. The fourth-order valence-corrected chi connectivity index (χ4v) is 4.55. The molecule has 1 atom stereocenters. The van der Waals surface area contributed by atoms with Crippen LogP contribution in [0.15, 0.2) is 42.5 Å². The van der Waals surface area contributed by atoms with Crippen LogP contribution in [0, 0.1) is 11.7 Å². The Morgan fingerprint density at radius 2 is 1.76 bits per heavy atom. The van der Waals surface area contributed by atoms with Gasteiger partial charge in [0.05, 0.1) is 19.8 Å². The molecule has 3 N–H and O–H groups in total. The maximum absolute atomic E-state index is 14.4. The number of ether oxygens (including phenoxy) is 2. The number of amides is 2. The number of nitrogens with two attached hydrogens (primary N) is 1. The van der Waals surface area contributed by atoms with Crippen molar-refractivity contribution in [3.8, 4) is 5.75 Å². The zero-order valence-corrected chi connectivity index (χ0v) is 24.8. The van der Waals surface area contributed by atoms with E-state index in [9.17, 15) is 18.8 Å². The van der Waals surface area contributed by atoms with E-state index in [-0.39, 0.29) is 43.6 Å². The third-order valence-corrected chi connectivity index (χ3v) is 6.80. The number of ketones is 1. The Hall–Kier alpha value is -3.30. The average molecular weight is 572 g/mol. The van der Waals surface area contributed by atoms with Crippen molar-refractivity contribution in [2.24, 2.45) is 11.7 Å². The zero-order valence-electron chi connectivity index (χ0n) is 24.8. The van der Waals surface area contributed by atoms with Crippen LogP contribution in [0.25, 0.3) is 0 Å². The van der Waals surface area contributed by atoms with Gasteiger partial charge in [0.25, 0.3) is 0 Å². The van der Waals surface area contributed by atoms with Gasteiger partial charge < -0.3 is 25.4 Å². The highest BCUT2D eigenvalue weighted by Crippen LogP contribution is 2.20. The van der Waals surface area contributed by atoms with Gasteiger partial charge in [-0.25, -0.2) is 4.39 Å². The highest BCUT2D eigenvalue weighted by atomic mass is 19.1. The summed E-state index contributed by atoms with van der Waals surface area (Å²) in [6.07, 6.45) is 3.24. The Bertz CT molecular complexity index is 1110. The number of hydrogen-bond acceptors (Lipinski definition) is 6. The number of benzene rings is 2. The maximum atomic E-state index is 14.4. The monoisotopic (exact) mass is 571 g/mol. The van der Waals surface area contributed by atoms with Crippen molar-refractivity contribution in [3.63, 3.8) is 0 Å². The lowest BCUT2D eigenvalue weighted by Gasteiger charge is -2.25. The van der Waals surface area contributed by atoms with E-state index in [0.717, 1.165) is 18.4 Å². The van der Waals surface area contributed by atoms with Crippen LogP contribution in [0.4, 0.5) is 4.39 Å². The first kappa shape index (κ1) is 33.9. The van der Waals surface area contributed by atoms with Gasteiger partial charge in [0, 0.05) is 58.0 Å². The summed E-state index contributed by atoms with van der Waals surface area (Å²) in [5.74, 6) is -0.592. The highest BCUT2D eigenvalue weighted by Gasteiger charge is 2.18. The molecule has 0 aliphatic carbocycles. The minimum Gasteiger partial charge on any atom is -0.493 e. The van der Waals surface area contributed by atoms with Crippen LogP contribution < -0.4 is 15.8 Å². The lowest BCUT2D eigenvalue weighted by Crippen LogP contribution is -2.35. The fraction of sp³-hybridized carbons (Fsp3) is 0.531. The molecule has 0 spiro atoms. The maximum Gasteiger partial charge on any atom is 0.223 e. The van der Waals surface area contributed by atoms with Crippen LogP contribution in [-0.4, -0.2) is 62.5 Å². The van der Waals surface area contributed by atoms with Gasteiger partial charge in [-0.3, -0.25) is 14.4 Å².